The highest BCUT2D eigenvalue weighted by Gasteiger charge is 2.07. The maximum Gasteiger partial charge on any atom is 0.303 e. The summed E-state index contributed by atoms with van der Waals surface area (Å²) in [5.74, 6) is -0.130. The third-order valence-corrected chi connectivity index (χ3v) is 3.35. The first-order valence-electron chi connectivity index (χ1n) is 7.68. The number of aliphatic hydroxyl groups is 1. The number of hydrogen-bond donors (Lipinski definition) is 3. The van der Waals surface area contributed by atoms with Gasteiger partial charge in [0.05, 0.1) is 6.10 Å². The molecule has 1 rings (SSSR count). The fourth-order valence-electron chi connectivity index (χ4n) is 2.24. The summed E-state index contributed by atoms with van der Waals surface area (Å²) in [6.45, 7) is 5.75. The molecule has 118 valence electrons. The summed E-state index contributed by atoms with van der Waals surface area (Å²) in [5, 5.41) is 21.8. The summed E-state index contributed by atoms with van der Waals surface area (Å²) in [6, 6.07) is 8.15. The molecule has 4 heteroatoms. The van der Waals surface area contributed by atoms with Crippen LogP contribution in [0.25, 0.3) is 0 Å². The van der Waals surface area contributed by atoms with Gasteiger partial charge < -0.3 is 15.5 Å². The van der Waals surface area contributed by atoms with Gasteiger partial charge in [-0.3, -0.25) is 4.79 Å². The molecular weight excluding hydrogens is 266 g/mol. The number of hydrogen-bond acceptors (Lipinski definition) is 3. The first-order chi connectivity index (χ1) is 9.99. The van der Waals surface area contributed by atoms with Crippen LogP contribution in [0.2, 0.25) is 0 Å². The van der Waals surface area contributed by atoms with Crippen LogP contribution in [0.5, 0.6) is 0 Å². The molecule has 0 aliphatic rings. The Morgan fingerprint density at radius 1 is 1.19 bits per heavy atom. The van der Waals surface area contributed by atoms with Gasteiger partial charge in [-0.1, -0.05) is 38.1 Å². The number of rotatable bonds is 10. The molecule has 3 N–H and O–H groups in total. The second kappa shape index (κ2) is 9.53. The molecule has 4 nitrogen and oxygen atoms in total. The lowest BCUT2D eigenvalue weighted by molar-refractivity contribution is -0.137. The fraction of sp³-hybridized carbons (Fsp3) is 0.588. The average Bonchev–Trinajstić information content (AvgIpc) is 2.42. The van der Waals surface area contributed by atoms with Crippen molar-refractivity contribution < 1.29 is 15.0 Å². The van der Waals surface area contributed by atoms with Gasteiger partial charge in [0, 0.05) is 6.42 Å². The highest BCUT2D eigenvalue weighted by molar-refractivity contribution is 5.66. The number of carbonyl (C=O) groups is 1. The fourth-order valence-corrected chi connectivity index (χ4v) is 2.24. The van der Waals surface area contributed by atoms with Crippen LogP contribution in [0, 0.1) is 5.92 Å². The lowest BCUT2D eigenvalue weighted by Gasteiger charge is -2.13. The minimum atomic E-state index is -0.765. The molecule has 0 bridgehead atoms. The van der Waals surface area contributed by atoms with Gasteiger partial charge in [-0.25, -0.2) is 0 Å². The highest BCUT2D eigenvalue weighted by atomic mass is 16.4. The van der Waals surface area contributed by atoms with Crippen LogP contribution in [-0.4, -0.2) is 29.3 Å². The van der Waals surface area contributed by atoms with E-state index in [1.54, 1.807) is 0 Å². The molecular formula is C17H27NO3. The Labute approximate surface area is 127 Å². The standard InChI is InChI=1S/C17H27NO3/c1-13(2)12-14-5-7-15(8-6-14)16(19)9-11-18-10-3-4-17(20)21/h5-8,13,16,18-19H,3-4,9-12H2,1-2H3,(H,20,21). The van der Waals surface area contributed by atoms with Crippen molar-refractivity contribution in [3.8, 4) is 0 Å². The molecule has 21 heavy (non-hydrogen) atoms. The zero-order valence-electron chi connectivity index (χ0n) is 13.0. The van der Waals surface area contributed by atoms with Crippen LogP contribution < -0.4 is 5.32 Å². The second-order valence-corrected chi connectivity index (χ2v) is 5.89. The van der Waals surface area contributed by atoms with Crippen LogP contribution in [0.15, 0.2) is 24.3 Å². The third kappa shape index (κ3) is 7.83. The van der Waals surface area contributed by atoms with Crippen LogP contribution in [0.4, 0.5) is 0 Å². The molecule has 1 unspecified atom stereocenters. The maximum absolute atomic E-state index is 10.4. The molecule has 0 fully saturated rings. The number of benzene rings is 1. The topological polar surface area (TPSA) is 69.6 Å². The van der Waals surface area contributed by atoms with Gasteiger partial charge in [0.25, 0.3) is 0 Å². The molecule has 0 saturated carbocycles. The lowest BCUT2D eigenvalue weighted by atomic mass is 9.99. The average molecular weight is 293 g/mol. The third-order valence-electron chi connectivity index (χ3n) is 3.35. The van der Waals surface area contributed by atoms with E-state index in [0.29, 0.717) is 31.8 Å². The zero-order chi connectivity index (χ0) is 15.7. The van der Waals surface area contributed by atoms with Crippen molar-refractivity contribution in [2.24, 2.45) is 5.92 Å². The van der Waals surface area contributed by atoms with Crippen molar-refractivity contribution >= 4 is 5.97 Å². The van der Waals surface area contributed by atoms with Crippen LogP contribution in [0.1, 0.15) is 50.3 Å². The summed E-state index contributed by atoms with van der Waals surface area (Å²) < 4.78 is 0. The normalized spacial score (nSPS) is 12.6. The molecule has 0 spiro atoms. The number of aliphatic hydroxyl groups excluding tert-OH is 1. The molecule has 1 atom stereocenters. The van der Waals surface area contributed by atoms with E-state index >= 15 is 0 Å². The van der Waals surface area contributed by atoms with E-state index in [-0.39, 0.29) is 6.42 Å². The smallest absolute Gasteiger partial charge is 0.303 e. The molecule has 0 heterocycles. The molecule has 1 aromatic rings. The number of nitrogens with one attached hydrogen (secondary N) is 1. The molecule has 0 saturated heterocycles. The van der Waals surface area contributed by atoms with Gasteiger partial charge in [-0.2, -0.15) is 0 Å². The van der Waals surface area contributed by atoms with Crippen LogP contribution >= 0.6 is 0 Å². The van der Waals surface area contributed by atoms with E-state index in [1.165, 1.54) is 5.56 Å². The minimum absolute atomic E-state index is 0.187. The summed E-state index contributed by atoms with van der Waals surface area (Å²) in [7, 11) is 0. The largest absolute Gasteiger partial charge is 0.481 e. The van der Waals surface area contributed by atoms with Gasteiger partial charge in [-0.05, 0) is 49.4 Å². The molecule has 0 aromatic heterocycles. The lowest BCUT2D eigenvalue weighted by Crippen LogP contribution is -2.19. The Kier molecular flexibility index (Phi) is 8.01. The Morgan fingerprint density at radius 2 is 1.86 bits per heavy atom. The summed E-state index contributed by atoms with van der Waals surface area (Å²) in [5.41, 5.74) is 2.24. The van der Waals surface area contributed by atoms with Crippen molar-refractivity contribution in [3.63, 3.8) is 0 Å². The van der Waals surface area contributed by atoms with E-state index in [9.17, 15) is 9.90 Å². The zero-order valence-corrected chi connectivity index (χ0v) is 13.0. The number of carboxylic acids is 1. The van der Waals surface area contributed by atoms with Gasteiger partial charge >= 0.3 is 5.97 Å². The monoisotopic (exact) mass is 293 g/mol. The van der Waals surface area contributed by atoms with E-state index in [2.05, 4.69) is 31.3 Å². The van der Waals surface area contributed by atoms with Crippen molar-refractivity contribution in [3.05, 3.63) is 35.4 Å². The second-order valence-electron chi connectivity index (χ2n) is 5.89. The van der Waals surface area contributed by atoms with Crippen LogP contribution in [0.3, 0.4) is 0 Å². The molecule has 0 aliphatic heterocycles. The summed E-state index contributed by atoms with van der Waals surface area (Å²) in [6.07, 6.45) is 2.03. The van der Waals surface area contributed by atoms with Crippen molar-refractivity contribution in [2.45, 2.75) is 45.6 Å². The summed E-state index contributed by atoms with van der Waals surface area (Å²) in [4.78, 5) is 10.4. The van der Waals surface area contributed by atoms with E-state index in [0.717, 1.165) is 12.0 Å². The number of carboxylic acid groups (broad SMARTS) is 1. The Balaban J connectivity index is 2.25. The van der Waals surface area contributed by atoms with Gasteiger partial charge in [0.2, 0.25) is 0 Å². The van der Waals surface area contributed by atoms with Gasteiger partial charge in [-0.15, -0.1) is 0 Å². The van der Waals surface area contributed by atoms with Crippen molar-refractivity contribution in [1.29, 1.82) is 0 Å². The van der Waals surface area contributed by atoms with Gasteiger partial charge in [0.1, 0.15) is 0 Å². The van der Waals surface area contributed by atoms with Crippen molar-refractivity contribution in [2.75, 3.05) is 13.1 Å². The van der Waals surface area contributed by atoms with Gasteiger partial charge in [0.15, 0.2) is 0 Å². The van der Waals surface area contributed by atoms with E-state index in [1.807, 2.05) is 12.1 Å². The predicted octanol–water partition coefficient (Wildman–Crippen LogP) is 2.76. The Bertz CT molecular complexity index is 415. The molecule has 1 aromatic carbocycles. The molecule has 0 radical (unpaired) electrons. The quantitative estimate of drug-likeness (QED) is 0.580. The SMILES string of the molecule is CC(C)Cc1ccc(C(O)CCNCCCC(=O)O)cc1. The predicted molar refractivity (Wildman–Crippen MR) is 84.3 cm³/mol. The van der Waals surface area contributed by atoms with E-state index < -0.39 is 12.1 Å². The Morgan fingerprint density at radius 3 is 2.43 bits per heavy atom. The minimum Gasteiger partial charge on any atom is -0.481 e. The van der Waals surface area contributed by atoms with Crippen molar-refractivity contribution in [1.82, 2.24) is 5.32 Å². The first-order valence-corrected chi connectivity index (χ1v) is 7.68. The number of aliphatic carboxylic acids is 1. The highest BCUT2D eigenvalue weighted by Crippen LogP contribution is 2.18. The molecule has 0 aliphatic carbocycles. The molecule has 0 amide bonds. The maximum atomic E-state index is 10.4. The Hall–Kier alpha value is -1.39. The van der Waals surface area contributed by atoms with E-state index in [4.69, 9.17) is 5.11 Å². The van der Waals surface area contributed by atoms with Crippen LogP contribution in [-0.2, 0) is 11.2 Å². The summed E-state index contributed by atoms with van der Waals surface area (Å²) >= 11 is 0. The first kappa shape index (κ1) is 17.7.